The molecule has 12 heavy (non-hydrogen) atoms. The van der Waals surface area contributed by atoms with Gasteiger partial charge >= 0.3 is 5.76 Å². The maximum atomic E-state index is 11.7. The number of hydrogen-bond donors (Lipinski definition) is 1. The van der Waals surface area contributed by atoms with Gasteiger partial charge < -0.3 is 0 Å². The van der Waals surface area contributed by atoms with Crippen LogP contribution in [0.1, 0.15) is 12.8 Å². The number of halogens is 3. The number of nitrogens with one attached hydrogen (secondary N) is 1. The van der Waals surface area contributed by atoms with Crippen molar-refractivity contribution in [3.63, 3.8) is 0 Å². The Morgan fingerprint density at radius 1 is 1.42 bits per heavy atom. The summed E-state index contributed by atoms with van der Waals surface area (Å²) in [6.07, 6.45) is 0.848. The van der Waals surface area contributed by atoms with Crippen LogP contribution in [0.3, 0.4) is 0 Å². The average Bonchev–Trinajstić information content (AvgIpc) is 1.83. The van der Waals surface area contributed by atoms with Gasteiger partial charge in [-0.2, -0.15) is 8.78 Å². The lowest BCUT2D eigenvalue weighted by Gasteiger charge is -2.30. The number of alkyl halides is 3. The van der Waals surface area contributed by atoms with E-state index in [1.165, 1.54) is 0 Å². The fourth-order valence-corrected chi connectivity index (χ4v) is 2.12. The van der Waals surface area contributed by atoms with Crippen LogP contribution < -0.4 is 4.72 Å². The number of rotatable bonds is 3. The Hall–Kier alpha value is 0.0600. The van der Waals surface area contributed by atoms with Crippen molar-refractivity contribution in [3.8, 4) is 0 Å². The van der Waals surface area contributed by atoms with Crippen LogP contribution in [0.2, 0.25) is 0 Å². The molecule has 0 bridgehead atoms. The predicted molar refractivity (Wildman–Crippen MR) is 40.7 cm³/mol. The molecule has 0 radical (unpaired) electrons. The van der Waals surface area contributed by atoms with Crippen molar-refractivity contribution in [3.05, 3.63) is 0 Å². The molecule has 1 aliphatic rings. The Morgan fingerprint density at radius 3 is 2.25 bits per heavy atom. The van der Waals surface area contributed by atoms with E-state index in [0.717, 1.165) is 0 Å². The third-order valence-electron chi connectivity index (χ3n) is 1.65. The fourth-order valence-electron chi connectivity index (χ4n) is 0.928. The highest BCUT2D eigenvalue weighted by Crippen LogP contribution is 2.26. The molecule has 0 unspecified atom stereocenters. The molecule has 0 atom stereocenters. The first-order valence-corrected chi connectivity index (χ1v) is 5.33. The minimum atomic E-state index is -4.42. The molecule has 0 aromatic carbocycles. The van der Waals surface area contributed by atoms with Crippen molar-refractivity contribution in [1.82, 2.24) is 4.72 Å². The van der Waals surface area contributed by atoms with Crippen LogP contribution in [0.5, 0.6) is 0 Å². The second kappa shape index (κ2) is 3.43. The first-order chi connectivity index (χ1) is 5.42. The molecule has 1 rings (SSSR count). The highest BCUT2D eigenvalue weighted by Gasteiger charge is 2.34. The van der Waals surface area contributed by atoms with E-state index in [-0.39, 0.29) is 5.38 Å². The highest BCUT2D eigenvalue weighted by molar-refractivity contribution is 7.89. The molecule has 0 amide bonds. The van der Waals surface area contributed by atoms with Crippen LogP contribution in [0.15, 0.2) is 0 Å². The van der Waals surface area contributed by atoms with E-state index in [2.05, 4.69) is 0 Å². The summed E-state index contributed by atoms with van der Waals surface area (Å²) in [5, 5.41) is -0.0876. The highest BCUT2D eigenvalue weighted by atomic mass is 35.5. The zero-order chi connectivity index (χ0) is 9.35. The van der Waals surface area contributed by atoms with Crippen LogP contribution in [0.25, 0.3) is 0 Å². The second-order valence-corrected chi connectivity index (χ2v) is 4.99. The summed E-state index contributed by atoms with van der Waals surface area (Å²) in [6, 6.07) is -0.411. The summed E-state index contributed by atoms with van der Waals surface area (Å²) < 4.78 is 46.4. The number of hydrogen-bond acceptors (Lipinski definition) is 2. The zero-order valence-corrected chi connectivity index (χ0v) is 7.58. The third kappa shape index (κ3) is 2.27. The second-order valence-electron chi connectivity index (χ2n) is 2.69. The zero-order valence-electron chi connectivity index (χ0n) is 6.00. The summed E-state index contributed by atoms with van der Waals surface area (Å²) in [5.41, 5.74) is 0. The summed E-state index contributed by atoms with van der Waals surface area (Å²) in [6.45, 7) is 0. The van der Waals surface area contributed by atoms with Crippen molar-refractivity contribution in [2.75, 3.05) is 0 Å². The monoisotopic (exact) mass is 219 g/mol. The van der Waals surface area contributed by atoms with E-state index in [0.29, 0.717) is 12.8 Å². The van der Waals surface area contributed by atoms with Gasteiger partial charge in [0.1, 0.15) is 0 Å². The molecule has 3 nitrogen and oxygen atoms in total. The van der Waals surface area contributed by atoms with Gasteiger partial charge in [0, 0.05) is 11.4 Å². The van der Waals surface area contributed by atoms with Crippen molar-refractivity contribution in [2.24, 2.45) is 0 Å². The smallest absolute Gasteiger partial charge is 0.207 e. The standard InChI is InChI=1S/C5H8ClF2NO2S/c6-3-1-4(2-3)9-12(10,11)5(7)8/h3-5,9H,1-2H2. The maximum absolute atomic E-state index is 11.7. The summed E-state index contributed by atoms with van der Waals surface area (Å²) in [4.78, 5) is 0. The molecule has 0 aliphatic heterocycles. The van der Waals surface area contributed by atoms with Crippen LogP contribution in [0, 0.1) is 0 Å². The molecule has 0 heterocycles. The van der Waals surface area contributed by atoms with E-state index in [1.807, 2.05) is 4.72 Å². The predicted octanol–water partition coefficient (Wildman–Crippen LogP) is 0.898. The SMILES string of the molecule is O=S(=O)(NC1CC(Cl)C1)C(F)F. The van der Waals surface area contributed by atoms with Crippen molar-refractivity contribution < 1.29 is 17.2 Å². The Morgan fingerprint density at radius 2 is 1.92 bits per heavy atom. The van der Waals surface area contributed by atoms with Gasteiger partial charge in [0.2, 0.25) is 0 Å². The van der Waals surface area contributed by atoms with Crippen molar-refractivity contribution >= 4 is 21.6 Å². The Balaban J connectivity index is 2.42. The van der Waals surface area contributed by atoms with Crippen molar-refractivity contribution in [1.29, 1.82) is 0 Å². The molecule has 1 N–H and O–H groups in total. The first-order valence-electron chi connectivity index (χ1n) is 3.35. The largest absolute Gasteiger partial charge is 0.350 e. The quantitative estimate of drug-likeness (QED) is 0.717. The minimum absolute atomic E-state index is 0.0876. The summed E-state index contributed by atoms with van der Waals surface area (Å²) >= 11 is 5.53. The minimum Gasteiger partial charge on any atom is -0.207 e. The van der Waals surface area contributed by atoms with E-state index in [9.17, 15) is 17.2 Å². The summed E-state index contributed by atoms with van der Waals surface area (Å²) in [5.74, 6) is -3.35. The van der Waals surface area contributed by atoms with Crippen LogP contribution in [-0.2, 0) is 10.0 Å². The van der Waals surface area contributed by atoms with Gasteiger partial charge in [-0.1, -0.05) is 0 Å². The lowest BCUT2D eigenvalue weighted by atomic mass is 9.94. The van der Waals surface area contributed by atoms with Crippen LogP contribution >= 0.6 is 11.6 Å². The molecule has 7 heteroatoms. The molecule has 1 saturated carbocycles. The van der Waals surface area contributed by atoms with Crippen molar-refractivity contribution in [2.45, 2.75) is 30.0 Å². The third-order valence-corrected chi connectivity index (χ3v) is 3.13. The van der Waals surface area contributed by atoms with Crippen LogP contribution in [-0.4, -0.2) is 25.6 Å². The first kappa shape index (κ1) is 10.1. The molecule has 0 spiro atoms. The molecular weight excluding hydrogens is 212 g/mol. The Kier molecular flexibility index (Phi) is 2.90. The van der Waals surface area contributed by atoms with E-state index >= 15 is 0 Å². The normalized spacial score (nSPS) is 30.3. The average molecular weight is 220 g/mol. The molecule has 0 aromatic heterocycles. The van der Waals surface area contributed by atoms with Gasteiger partial charge in [-0.05, 0) is 12.8 Å². The van der Waals surface area contributed by atoms with Gasteiger partial charge in [0.15, 0.2) is 0 Å². The maximum Gasteiger partial charge on any atom is 0.350 e. The van der Waals surface area contributed by atoms with E-state index < -0.39 is 21.8 Å². The topological polar surface area (TPSA) is 46.2 Å². The molecule has 1 aliphatic carbocycles. The van der Waals surface area contributed by atoms with Gasteiger partial charge in [-0.3, -0.25) is 0 Å². The lowest BCUT2D eigenvalue weighted by Crippen LogP contribution is -2.46. The Labute approximate surface area is 74.1 Å². The van der Waals surface area contributed by atoms with E-state index in [4.69, 9.17) is 11.6 Å². The number of sulfonamides is 1. The van der Waals surface area contributed by atoms with Gasteiger partial charge in [0.05, 0.1) is 0 Å². The van der Waals surface area contributed by atoms with Gasteiger partial charge in [-0.15, -0.1) is 11.6 Å². The van der Waals surface area contributed by atoms with Crippen LogP contribution in [0.4, 0.5) is 8.78 Å². The Bertz CT molecular complexity index is 250. The molecule has 0 aromatic rings. The molecule has 72 valence electrons. The van der Waals surface area contributed by atoms with Gasteiger partial charge in [-0.25, -0.2) is 13.1 Å². The fraction of sp³-hybridized carbons (Fsp3) is 1.00. The lowest BCUT2D eigenvalue weighted by molar-refractivity contribution is 0.229. The molecule has 1 fully saturated rings. The molecular formula is C5H8ClF2NO2S. The van der Waals surface area contributed by atoms with Gasteiger partial charge in [0.25, 0.3) is 10.0 Å². The summed E-state index contributed by atoms with van der Waals surface area (Å²) in [7, 11) is -4.42. The molecule has 0 saturated heterocycles. The van der Waals surface area contributed by atoms with E-state index in [1.54, 1.807) is 0 Å².